The lowest BCUT2D eigenvalue weighted by atomic mass is 10.4. The van der Waals surface area contributed by atoms with Gasteiger partial charge in [0.05, 0.1) is 0 Å². The largest absolute Gasteiger partial charge is 0.266 e. The van der Waals surface area contributed by atoms with Crippen molar-refractivity contribution < 1.29 is 8.42 Å². The van der Waals surface area contributed by atoms with Crippen molar-refractivity contribution in [3.63, 3.8) is 0 Å². The molecule has 0 atom stereocenters. The number of aromatic nitrogens is 2. The molecule has 2 N–H and O–H groups in total. The van der Waals surface area contributed by atoms with E-state index in [2.05, 4.69) is 9.36 Å². The molecule has 1 fully saturated rings. The SMILES string of the molecule is NS(=O)(=O)c1nc(C2CC2)ns1. The second-order valence-electron chi connectivity index (χ2n) is 2.74. The molecule has 1 aromatic heterocycles. The molecule has 1 aliphatic rings. The smallest absolute Gasteiger partial charge is 0.223 e. The van der Waals surface area contributed by atoms with Crippen molar-refractivity contribution in [2.45, 2.75) is 23.1 Å². The molecule has 1 saturated carbocycles. The summed E-state index contributed by atoms with van der Waals surface area (Å²) in [4.78, 5) is 3.84. The van der Waals surface area contributed by atoms with Crippen LogP contribution in [-0.2, 0) is 10.0 Å². The van der Waals surface area contributed by atoms with Gasteiger partial charge in [-0.15, -0.1) is 0 Å². The topological polar surface area (TPSA) is 85.9 Å². The highest BCUT2D eigenvalue weighted by molar-refractivity contribution is 7.91. The Morgan fingerprint density at radius 2 is 2.17 bits per heavy atom. The Bertz CT molecular complexity index is 393. The molecule has 66 valence electrons. The van der Waals surface area contributed by atoms with Gasteiger partial charge >= 0.3 is 0 Å². The zero-order valence-corrected chi connectivity index (χ0v) is 7.73. The molecular formula is C5H7N3O2S2. The molecule has 2 rings (SSSR count). The molecule has 0 spiro atoms. The standard InChI is InChI=1S/C5H7N3O2S2/c6-12(9,10)5-7-4(8-11-5)3-1-2-3/h3H,1-2H2,(H2,6,9,10). The molecule has 0 unspecified atom stereocenters. The monoisotopic (exact) mass is 205 g/mol. The van der Waals surface area contributed by atoms with E-state index in [1.165, 1.54) is 0 Å². The van der Waals surface area contributed by atoms with Crippen molar-refractivity contribution in [2.75, 3.05) is 0 Å². The maximum Gasteiger partial charge on any atom is 0.266 e. The molecule has 7 heteroatoms. The number of nitrogens with two attached hydrogens (primary N) is 1. The number of primary sulfonamides is 1. The first kappa shape index (κ1) is 8.09. The summed E-state index contributed by atoms with van der Waals surface area (Å²) in [5.74, 6) is 1.00. The van der Waals surface area contributed by atoms with Crippen LogP contribution in [0.4, 0.5) is 0 Å². The Morgan fingerprint density at radius 1 is 1.50 bits per heavy atom. The van der Waals surface area contributed by atoms with Crippen LogP contribution in [0.15, 0.2) is 4.34 Å². The van der Waals surface area contributed by atoms with Gasteiger partial charge in [-0.05, 0) is 24.4 Å². The fourth-order valence-electron chi connectivity index (χ4n) is 0.843. The van der Waals surface area contributed by atoms with Crippen molar-refractivity contribution in [3.8, 4) is 0 Å². The minimum absolute atomic E-state index is 0.0793. The quantitative estimate of drug-likeness (QED) is 0.739. The summed E-state index contributed by atoms with van der Waals surface area (Å²) in [6.45, 7) is 0. The molecule has 0 bridgehead atoms. The van der Waals surface area contributed by atoms with E-state index in [4.69, 9.17) is 5.14 Å². The van der Waals surface area contributed by atoms with Gasteiger partial charge in [-0.3, -0.25) is 0 Å². The fourth-order valence-corrected chi connectivity index (χ4v) is 2.09. The van der Waals surface area contributed by atoms with Gasteiger partial charge < -0.3 is 0 Å². The molecule has 0 radical (unpaired) electrons. The van der Waals surface area contributed by atoms with E-state index in [0.717, 1.165) is 24.4 Å². The average Bonchev–Trinajstić information content (AvgIpc) is 2.66. The summed E-state index contributed by atoms with van der Waals surface area (Å²) in [7, 11) is -3.64. The number of rotatable bonds is 2. The van der Waals surface area contributed by atoms with Gasteiger partial charge in [-0.1, -0.05) is 0 Å². The first-order chi connectivity index (χ1) is 5.57. The number of sulfonamides is 1. The number of hydrogen-bond acceptors (Lipinski definition) is 5. The zero-order chi connectivity index (χ0) is 8.77. The maximum atomic E-state index is 10.8. The molecule has 0 saturated heterocycles. The number of nitrogens with zero attached hydrogens (tertiary/aromatic N) is 2. The highest BCUT2D eigenvalue weighted by Gasteiger charge is 2.29. The van der Waals surface area contributed by atoms with E-state index in [1.807, 2.05) is 0 Å². The third-order valence-corrected chi connectivity index (χ3v) is 3.63. The Balaban J connectivity index is 2.35. The first-order valence-corrected chi connectivity index (χ1v) is 5.76. The lowest BCUT2D eigenvalue weighted by Gasteiger charge is -1.86. The molecular weight excluding hydrogens is 198 g/mol. The van der Waals surface area contributed by atoms with Crippen LogP contribution in [0.5, 0.6) is 0 Å². The summed E-state index contributed by atoms with van der Waals surface area (Å²) < 4.78 is 25.4. The molecule has 1 aromatic rings. The van der Waals surface area contributed by atoms with Crippen LogP contribution in [-0.4, -0.2) is 17.8 Å². The molecule has 1 heterocycles. The summed E-state index contributed by atoms with van der Waals surface area (Å²) in [5, 5.41) is 4.87. The van der Waals surface area contributed by atoms with Crippen molar-refractivity contribution in [1.29, 1.82) is 0 Å². The van der Waals surface area contributed by atoms with Gasteiger partial charge in [0.25, 0.3) is 10.0 Å². The molecule has 0 aliphatic heterocycles. The van der Waals surface area contributed by atoms with Gasteiger partial charge in [0.2, 0.25) is 4.34 Å². The lowest BCUT2D eigenvalue weighted by Crippen LogP contribution is -2.11. The zero-order valence-electron chi connectivity index (χ0n) is 6.10. The van der Waals surface area contributed by atoms with Crippen molar-refractivity contribution in [2.24, 2.45) is 5.14 Å². The van der Waals surface area contributed by atoms with Crippen molar-refractivity contribution in [3.05, 3.63) is 5.82 Å². The van der Waals surface area contributed by atoms with Gasteiger partial charge in [0, 0.05) is 5.92 Å². The normalized spacial score (nSPS) is 18.1. The molecule has 0 amide bonds. The van der Waals surface area contributed by atoms with E-state index >= 15 is 0 Å². The second-order valence-corrected chi connectivity index (χ2v) is 5.22. The molecule has 1 aliphatic carbocycles. The third kappa shape index (κ3) is 1.47. The van der Waals surface area contributed by atoms with Crippen LogP contribution in [0, 0.1) is 0 Å². The van der Waals surface area contributed by atoms with E-state index < -0.39 is 10.0 Å². The predicted octanol–water partition coefficient (Wildman–Crippen LogP) is 0.0629. The van der Waals surface area contributed by atoms with E-state index in [9.17, 15) is 8.42 Å². The Morgan fingerprint density at radius 3 is 2.58 bits per heavy atom. The van der Waals surface area contributed by atoms with Crippen molar-refractivity contribution >= 4 is 21.6 Å². The Labute approximate surface area is 73.8 Å². The predicted molar refractivity (Wildman–Crippen MR) is 43.3 cm³/mol. The maximum absolute atomic E-state index is 10.8. The molecule has 12 heavy (non-hydrogen) atoms. The highest BCUT2D eigenvalue weighted by atomic mass is 32.2. The third-order valence-electron chi connectivity index (χ3n) is 1.61. The Hall–Kier alpha value is -0.530. The van der Waals surface area contributed by atoms with Crippen LogP contribution < -0.4 is 5.14 Å². The van der Waals surface area contributed by atoms with Gasteiger partial charge in [0.1, 0.15) is 5.82 Å². The van der Waals surface area contributed by atoms with Gasteiger partial charge in [-0.25, -0.2) is 18.5 Å². The lowest BCUT2D eigenvalue weighted by molar-refractivity contribution is 0.596. The summed E-state index contributed by atoms with van der Waals surface area (Å²) in [6, 6.07) is 0. The summed E-state index contributed by atoms with van der Waals surface area (Å²) in [6.07, 6.45) is 2.11. The molecule has 0 aromatic carbocycles. The van der Waals surface area contributed by atoms with Crippen LogP contribution in [0.1, 0.15) is 24.6 Å². The van der Waals surface area contributed by atoms with E-state index in [1.54, 1.807) is 0 Å². The summed E-state index contributed by atoms with van der Waals surface area (Å²) >= 11 is 0.851. The summed E-state index contributed by atoms with van der Waals surface area (Å²) in [5.41, 5.74) is 0. The average molecular weight is 205 g/mol. The first-order valence-electron chi connectivity index (χ1n) is 3.44. The minimum Gasteiger partial charge on any atom is -0.223 e. The highest BCUT2D eigenvalue weighted by Crippen LogP contribution is 2.38. The van der Waals surface area contributed by atoms with Crippen molar-refractivity contribution in [1.82, 2.24) is 9.36 Å². The van der Waals surface area contributed by atoms with Crippen LogP contribution in [0.3, 0.4) is 0 Å². The van der Waals surface area contributed by atoms with Crippen LogP contribution in [0.25, 0.3) is 0 Å². The van der Waals surface area contributed by atoms with Gasteiger partial charge in [-0.2, -0.15) is 4.37 Å². The fraction of sp³-hybridized carbons (Fsp3) is 0.600. The van der Waals surface area contributed by atoms with Crippen LogP contribution >= 0.6 is 11.5 Å². The Kier molecular flexibility index (Phi) is 1.67. The second kappa shape index (κ2) is 2.48. The molecule has 5 nitrogen and oxygen atoms in total. The van der Waals surface area contributed by atoms with E-state index in [-0.39, 0.29) is 4.34 Å². The van der Waals surface area contributed by atoms with E-state index in [0.29, 0.717) is 11.7 Å². The minimum atomic E-state index is -3.64. The number of hydrogen-bond donors (Lipinski definition) is 1. The van der Waals surface area contributed by atoms with Crippen LogP contribution in [0.2, 0.25) is 0 Å². The van der Waals surface area contributed by atoms with Gasteiger partial charge in [0.15, 0.2) is 0 Å².